The van der Waals surface area contributed by atoms with Crippen LogP contribution < -0.4 is 0 Å². The predicted molar refractivity (Wildman–Crippen MR) is 52.7 cm³/mol. The van der Waals surface area contributed by atoms with Crippen LogP contribution in [-0.4, -0.2) is 0 Å². The molecule has 1 rings (SSSR count). The zero-order valence-corrected chi connectivity index (χ0v) is 8.01. The number of nitriles is 3. The minimum Gasteiger partial charge on any atom is -0.198 e. The second kappa shape index (κ2) is 4.82. The van der Waals surface area contributed by atoms with Gasteiger partial charge in [0.2, 0.25) is 0 Å². The Morgan fingerprint density at radius 3 is 2.43 bits per heavy atom. The molecule has 0 amide bonds. The Hall–Kier alpha value is -2.09. The molecule has 1 aromatic rings. The van der Waals surface area contributed by atoms with E-state index in [0.717, 1.165) is 4.88 Å². The van der Waals surface area contributed by atoms with Gasteiger partial charge in [0.25, 0.3) is 0 Å². The fourth-order valence-corrected chi connectivity index (χ4v) is 1.77. The van der Waals surface area contributed by atoms with Crippen LogP contribution in [0.15, 0.2) is 23.1 Å². The van der Waals surface area contributed by atoms with Crippen molar-refractivity contribution in [2.45, 2.75) is 6.42 Å². The Labute approximate surface area is 85.7 Å². The normalized spacial score (nSPS) is 8.07. The average Bonchev–Trinajstić information content (AvgIpc) is 2.71. The molecule has 0 aliphatic carbocycles. The van der Waals surface area contributed by atoms with Crippen LogP contribution in [-0.2, 0) is 0 Å². The van der Waals surface area contributed by atoms with Crippen LogP contribution in [0.3, 0.4) is 0 Å². The minimum absolute atomic E-state index is 0.0222. The second-order valence-electron chi connectivity index (χ2n) is 2.39. The molecule has 0 bridgehead atoms. The first kappa shape index (κ1) is 9.99. The van der Waals surface area contributed by atoms with Gasteiger partial charge in [-0.3, -0.25) is 0 Å². The molecule has 0 N–H and O–H groups in total. The van der Waals surface area contributed by atoms with Gasteiger partial charge in [0.15, 0.2) is 0 Å². The molecule has 0 unspecified atom stereocenters. The molecule has 1 heterocycles. The summed E-state index contributed by atoms with van der Waals surface area (Å²) in [5, 5.41) is 27.8. The Morgan fingerprint density at radius 1 is 1.29 bits per heavy atom. The summed E-state index contributed by atoms with van der Waals surface area (Å²) in [4.78, 5) is 0.810. The van der Waals surface area contributed by atoms with Gasteiger partial charge in [-0.05, 0) is 11.4 Å². The molecule has 0 saturated heterocycles. The Balaban J connectivity index is 3.24. The summed E-state index contributed by atoms with van der Waals surface area (Å²) in [6.07, 6.45) is 0.0942. The van der Waals surface area contributed by atoms with Crippen molar-refractivity contribution in [3.8, 4) is 18.2 Å². The van der Waals surface area contributed by atoms with Gasteiger partial charge >= 0.3 is 0 Å². The highest BCUT2D eigenvalue weighted by Crippen LogP contribution is 2.25. The fraction of sp³-hybridized carbons (Fsp3) is 0.100. The molecule has 4 heteroatoms. The van der Waals surface area contributed by atoms with Gasteiger partial charge in [-0.2, -0.15) is 15.8 Å². The number of thiophene rings is 1. The van der Waals surface area contributed by atoms with Crippen molar-refractivity contribution < 1.29 is 0 Å². The largest absolute Gasteiger partial charge is 0.198 e. The van der Waals surface area contributed by atoms with E-state index in [4.69, 9.17) is 15.8 Å². The molecule has 0 spiro atoms. The minimum atomic E-state index is 0.0222. The first-order valence-corrected chi connectivity index (χ1v) is 4.65. The van der Waals surface area contributed by atoms with Gasteiger partial charge in [-0.1, -0.05) is 6.07 Å². The lowest BCUT2D eigenvalue weighted by atomic mass is 10.1. The molecule has 0 atom stereocenters. The zero-order valence-electron chi connectivity index (χ0n) is 7.19. The molecule has 0 fully saturated rings. The van der Waals surface area contributed by atoms with E-state index < -0.39 is 0 Å². The number of hydrogen-bond acceptors (Lipinski definition) is 4. The summed E-state index contributed by atoms with van der Waals surface area (Å²) in [6, 6.07) is 9.17. The van der Waals surface area contributed by atoms with Crippen molar-refractivity contribution in [1.29, 1.82) is 15.8 Å². The molecule has 3 nitrogen and oxygen atoms in total. The average molecular weight is 199 g/mol. The number of hydrogen-bond donors (Lipinski definition) is 0. The van der Waals surface area contributed by atoms with Crippen molar-refractivity contribution in [2.75, 3.05) is 0 Å². The number of rotatable bonds is 2. The van der Waals surface area contributed by atoms with Crippen LogP contribution in [0.5, 0.6) is 0 Å². The summed E-state index contributed by atoms with van der Waals surface area (Å²) in [5.41, 5.74) is 0.543. The van der Waals surface area contributed by atoms with Crippen LogP contribution >= 0.6 is 11.3 Å². The van der Waals surface area contributed by atoms with E-state index in [1.54, 1.807) is 18.2 Å². The van der Waals surface area contributed by atoms with Crippen LogP contribution in [0.1, 0.15) is 11.3 Å². The third-order valence-corrected chi connectivity index (χ3v) is 2.53. The van der Waals surface area contributed by atoms with Gasteiger partial charge in [-0.25, -0.2) is 0 Å². The lowest BCUT2D eigenvalue weighted by molar-refractivity contribution is 1.35. The highest BCUT2D eigenvalue weighted by atomic mass is 32.1. The number of allylic oxidation sites excluding steroid dienone is 2. The second-order valence-corrected chi connectivity index (χ2v) is 3.34. The van der Waals surface area contributed by atoms with Crippen molar-refractivity contribution in [2.24, 2.45) is 0 Å². The maximum absolute atomic E-state index is 8.69. The Morgan fingerprint density at radius 2 is 2.00 bits per heavy atom. The monoisotopic (exact) mass is 199 g/mol. The quantitative estimate of drug-likeness (QED) is 0.687. The van der Waals surface area contributed by atoms with Gasteiger partial charge in [0, 0.05) is 10.5 Å². The lowest BCUT2D eigenvalue weighted by Gasteiger charge is -1.97. The molecular weight excluding hydrogens is 194 g/mol. The van der Waals surface area contributed by atoms with Crippen molar-refractivity contribution in [1.82, 2.24) is 0 Å². The molecule has 0 saturated carbocycles. The topological polar surface area (TPSA) is 71.4 Å². The summed E-state index contributed by atoms with van der Waals surface area (Å²) in [5.74, 6) is 0. The fourth-order valence-electron chi connectivity index (χ4n) is 0.988. The summed E-state index contributed by atoms with van der Waals surface area (Å²) >= 11 is 1.42. The van der Waals surface area contributed by atoms with Crippen molar-refractivity contribution in [3.05, 3.63) is 28.0 Å². The highest BCUT2D eigenvalue weighted by Gasteiger charge is 2.09. The van der Waals surface area contributed by atoms with Crippen LogP contribution in [0.2, 0.25) is 0 Å². The number of nitrogens with zero attached hydrogens (tertiary/aromatic N) is 3. The molecule has 1 aromatic heterocycles. The zero-order chi connectivity index (χ0) is 10.4. The van der Waals surface area contributed by atoms with Gasteiger partial charge in [0.05, 0.1) is 12.5 Å². The first-order valence-electron chi connectivity index (χ1n) is 3.77. The van der Waals surface area contributed by atoms with Crippen LogP contribution in [0.25, 0.3) is 5.57 Å². The first-order chi connectivity index (χ1) is 6.83. The smallest absolute Gasteiger partial charge is 0.135 e. The molecule has 0 aromatic carbocycles. The molecule has 66 valence electrons. The molecular formula is C10H5N3S. The third-order valence-electron chi connectivity index (χ3n) is 1.60. The van der Waals surface area contributed by atoms with Crippen LogP contribution in [0, 0.1) is 34.0 Å². The van der Waals surface area contributed by atoms with E-state index in [2.05, 4.69) is 0 Å². The van der Waals surface area contributed by atoms with E-state index in [1.165, 1.54) is 11.3 Å². The molecule has 0 aliphatic heterocycles. The van der Waals surface area contributed by atoms with E-state index >= 15 is 0 Å². The van der Waals surface area contributed by atoms with E-state index in [1.807, 2.05) is 17.5 Å². The van der Waals surface area contributed by atoms with Gasteiger partial charge in [0.1, 0.15) is 17.7 Å². The van der Waals surface area contributed by atoms with E-state index in [9.17, 15) is 0 Å². The van der Waals surface area contributed by atoms with E-state index in [-0.39, 0.29) is 12.0 Å². The maximum Gasteiger partial charge on any atom is 0.135 e. The predicted octanol–water partition coefficient (Wildman–Crippen LogP) is 2.46. The molecule has 0 aliphatic rings. The highest BCUT2D eigenvalue weighted by molar-refractivity contribution is 7.11. The standard InChI is InChI=1S/C10H5N3S/c11-4-3-9(8(6-12)7-13)10-2-1-5-14-10/h1-2,5H,3H2. The van der Waals surface area contributed by atoms with Crippen molar-refractivity contribution in [3.63, 3.8) is 0 Å². The van der Waals surface area contributed by atoms with Gasteiger partial charge < -0.3 is 0 Å². The molecule has 0 radical (unpaired) electrons. The lowest BCUT2D eigenvalue weighted by Crippen LogP contribution is -1.84. The SMILES string of the molecule is N#CCC(=C(C#N)C#N)c1cccs1. The Kier molecular flexibility index (Phi) is 3.44. The summed E-state index contributed by atoms with van der Waals surface area (Å²) in [7, 11) is 0. The van der Waals surface area contributed by atoms with Crippen molar-refractivity contribution >= 4 is 16.9 Å². The summed E-state index contributed by atoms with van der Waals surface area (Å²) in [6.45, 7) is 0. The van der Waals surface area contributed by atoms with Crippen LogP contribution in [0.4, 0.5) is 0 Å². The van der Waals surface area contributed by atoms with E-state index in [0.29, 0.717) is 5.57 Å². The van der Waals surface area contributed by atoms with Gasteiger partial charge in [-0.15, -0.1) is 11.3 Å². The summed E-state index contributed by atoms with van der Waals surface area (Å²) < 4.78 is 0. The maximum atomic E-state index is 8.69. The molecule has 14 heavy (non-hydrogen) atoms. The Bertz CT molecular complexity index is 447. The third kappa shape index (κ3) is 1.98.